The maximum absolute atomic E-state index is 3.24. The smallest absolute Gasteiger partial charge is 0.0185 e. The number of rotatable bonds is 0. The molecule has 0 N–H and O–H groups in total. The summed E-state index contributed by atoms with van der Waals surface area (Å²) in [6, 6.07) is 0. The van der Waals surface area contributed by atoms with E-state index in [0.29, 0.717) is 5.41 Å². The Morgan fingerprint density at radius 3 is 2.58 bits per heavy atom. The highest BCUT2D eigenvalue weighted by Crippen LogP contribution is 2.39. The zero-order valence-electron chi connectivity index (χ0n) is 8.00. The second-order valence-electron chi connectivity index (χ2n) is 4.11. The molecule has 1 aliphatic rings. The van der Waals surface area contributed by atoms with Crippen molar-refractivity contribution in [2.24, 2.45) is 5.41 Å². The minimum atomic E-state index is 0.320. The van der Waals surface area contributed by atoms with E-state index in [0.717, 1.165) is 0 Å². The lowest BCUT2D eigenvalue weighted by atomic mass is 9.73. The maximum Gasteiger partial charge on any atom is 0.0185 e. The molecule has 66 valence electrons. The fourth-order valence-electron chi connectivity index (χ4n) is 1.95. The minimum absolute atomic E-state index is 0.320. The predicted molar refractivity (Wildman–Crippen MR) is 62.1 cm³/mol. The van der Waals surface area contributed by atoms with Crippen LogP contribution in [0.5, 0.6) is 0 Å². The SMILES string of the molecule is CC1=C(C#CI)C(C)(C)CCC1. The lowest BCUT2D eigenvalue weighted by Gasteiger charge is -2.31. The highest BCUT2D eigenvalue weighted by atomic mass is 127. The van der Waals surface area contributed by atoms with Crippen molar-refractivity contribution >= 4 is 22.6 Å². The Hall–Kier alpha value is 0.0300. The zero-order valence-corrected chi connectivity index (χ0v) is 10.2. The van der Waals surface area contributed by atoms with Crippen molar-refractivity contribution in [3.05, 3.63) is 11.1 Å². The molecule has 0 radical (unpaired) electrons. The third-order valence-electron chi connectivity index (χ3n) is 2.63. The monoisotopic (exact) mass is 274 g/mol. The number of halogens is 1. The summed E-state index contributed by atoms with van der Waals surface area (Å²) >= 11 is 2.12. The van der Waals surface area contributed by atoms with Crippen molar-refractivity contribution in [1.82, 2.24) is 0 Å². The maximum atomic E-state index is 3.24. The van der Waals surface area contributed by atoms with Crippen LogP contribution in [0.25, 0.3) is 0 Å². The Kier molecular flexibility index (Phi) is 3.22. The molecule has 0 atom stereocenters. The Labute approximate surface area is 89.0 Å². The van der Waals surface area contributed by atoms with E-state index in [-0.39, 0.29) is 0 Å². The summed E-state index contributed by atoms with van der Waals surface area (Å²) in [4.78, 5) is 0. The number of hydrogen-bond acceptors (Lipinski definition) is 0. The Balaban J connectivity index is 3.05. The highest BCUT2D eigenvalue weighted by Gasteiger charge is 2.26. The summed E-state index contributed by atoms with van der Waals surface area (Å²) in [5.74, 6) is 3.24. The molecular weight excluding hydrogens is 259 g/mol. The summed E-state index contributed by atoms with van der Waals surface area (Å²) in [6.07, 6.45) is 3.85. The number of hydrogen-bond donors (Lipinski definition) is 0. The summed E-state index contributed by atoms with van der Waals surface area (Å²) in [7, 11) is 0. The van der Waals surface area contributed by atoms with Gasteiger partial charge in [0.05, 0.1) is 0 Å². The van der Waals surface area contributed by atoms with Gasteiger partial charge in [0.25, 0.3) is 0 Å². The van der Waals surface area contributed by atoms with Crippen molar-refractivity contribution in [3.8, 4) is 9.85 Å². The van der Waals surface area contributed by atoms with Gasteiger partial charge in [-0.3, -0.25) is 0 Å². The third-order valence-corrected chi connectivity index (χ3v) is 2.90. The van der Waals surface area contributed by atoms with Crippen LogP contribution in [0.3, 0.4) is 0 Å². The Bertz CT molecular complexity index is 260. The van der Waals surface area contributed by atoms with Gasteiger partial charge >= 0.3 is 0 Å². The topological polar surface area (TPSA) is 0 Å². The molecule has 0 aliphatic heterocycles. The fraction of sp³-hybridized carbons (Fsp3) is 0.636. The molecule has 0 amide bonds. The molecule has 0 nitrogen and oxygen atoms in total. The molecule has 0 spiro atoms. The van der Waals surface area contributed by atoms with Gasteiger partial charge in [-0.15, -0.1) is 0 Å². The predicted octanol–water partition coefficient (Wildman–Crippen LogP) is 3.91. The first kappa shape index (κ1) is 10.1. The Morgan fingerprint density at radius 1 is 1.42 bits per heavy atom. The van der Waals surface area contributed by atoms with Crippen LogP contribution < -0.4 is 0 Å². The fourth-order valence-corrected chi connectivity index (χ4v) is 2.22. The molecule has 0 aromatic carbocycles. The van der Waals surface area contributed by atoms with E-state index < -0.39 is 0 Å². The molecule has 0 aromatic rings. The van der Waals surface area contributed by atoms with Crippen molar-refractivity contribution in [1.29, 1.82) is 0 Å². The van der Waals surface area contributed by atoms with Gasteiger partial charge in [-0.25, -0.2) is 0 Å². The van der Waals surface area contributed by atoms with Crippen LogP contribution >= 0.6 is 22.6 Å². The largest absolute Gasteiger partial charge is 0.0612 e. The lowest BCUT2D eigenvalue weighted by molar-refractivity contribution is 0.380. The first-order valence-corrected chi connectivity index (χ1v) is 5.47. The lowest BCUT2D eigenvalue weighted by Crippen LogP contribution is -2.19. The van der Waals surface area contributed by atoms with Crippen LogP contribution in [-0.4, -0.2) is 0 Å². The normalized spacial score (nSPS) is 21.7. The molecule has 12 heavy (non-hydrogen) atoms. The molecule has 1 rings (SSSR count). The van der Waals surface area contributed by atoms with Crippen LogP contribution in [0.15, 0.2) is 11.1 Å². The van der Waals surface area contributed by atoms with E-state index in [1.165, 1.54) is 30.4 Å². The van der Waals surface area contributed by atoms with Crippen LogP contribution in [0.4, 0.5) is 0 Å². The molecule has 0 saturated heterocycles. The second-order valence-corrected chi connectivity index (χ2v) is 4.65. The molecule has 1 heteroatoms. The van der Waals surface area contributed by atoms with E-state index in [9.17, 15) is 0 Å². The molecular formula is C11H15I. The molecule has 0 heterocycles. The van der Waals surface area contributed by atoms with E-state index in [4.69, 9.17) is 0 Å². The molecule has 0 saturated carbocycles. The van der Waals surface area contributed by atoms with Gasteiger partial charge in [0.2, 0.25) is 0 Å². The van der Waals surface area contributed by atoms with E-state index >= 15 is 0 Å². The Morgan fingerprint density at radius 2 is 2.08 bits per heavy atom. The van der Waals surface area contributed by atoms with Gasteiger partial charge in [0.15, 0.2) is 0 Å². The van der Waals surface area contributed by atoms with Crippen molar-refractivity contribution in [2.45, 2.75) is 40.0 Å². The molecule has 0 unspecified atom stereocenters. The number of allylic oxidation sites excluding steroid dienone is 2. The van der Waals surface area contributed by atoms with Crippen LogP contribution in [0.1, 0.15) is 40.0 Å². The molecule has 1 aliphatic carbocycles. The van der Waals surface area contributed by atoms with E-state index in [2.05, 4.69) is 53.2 Å². The molecule has 0 fully saturated rings. The average Bonchev–Trinajstić information content (AvgIpc) is 1.97. The highest BCUT2D eigenvalue weighted by molar-refractivity contribution is 14.1. The third kappa shape index (κ3) is 2.04. The van der Waals surface area contributed by atoms with Gasteiger partial charge < -0.3 is 0 Å². The molecule has 0 aromatic heterocycles. The zero-order chi connectivity index (χ0) is 9.19. The summed E-state index contributed by atoms with van der Waals surface area (Å²) in [5, 5.41) is 0. The van der Waals surface area contributed by atoms with Crippen molar-refractivity contribution < 1.29 is 0 Å². The van der Waals surface area contributed by atoms with Gasteiger partial charge in [-0.2, -0.15) is 0 Å². The minimum Gasteiger partial charge on any atom is -0.0612 e. The van der Waals surface area contributed by atoms with E-state index in [1.807, 2.05) is 0 Å². The first-order valence-electron chi connectivity index (χ1n) is 4.40. The van der Waals surface area contributed by atoms with Crippen molar-refractivity contribution in [3.63, 3.8) is 0 Å². The average molecular weight is 274 g/mol. The quantitative estimate of drug-likeness (QED) is 0.464. The molecule has 0 bridgehead atoms. The van der Waals surface area contributed by atoms with Crippen molar-refractivity contribution in [2.75, 3.05) is 0 Å². The standard InChI is InChI=1S/C11H15I/c1-9-5-4-7-11(2,3)10(9)6-8-12/h4-5,7H2,1-3H3. The van der Waals surface area contributed by atoms with Gasteiger partial charge in [-0.1, -0.05) is 25.3 Å². The second kappa shape index (κ2) is 3.83. The van der Waals surface area contributed by atoms with Crippen LogP contribution in [0.2, 0.25) is 0 Å². The van der Waals surface area contributed by atoms with Gasteiger partial charge in [0, 0.05) is 28.2 Å². The summed E-state index contributed by atoms with van der Waals surface area (Å²) in [6.45, 7) is 6.81. The van der Waals surface area contributed by atoms with E-state index in [1.54, 1.807) is 0 Å². The summed E-state index contributed by atoms with van der Waals surface area (Å²) in [5.41, 5.74) is 3.19. The summed E-state index contributed by atoms with van der Waals surface area (Å²) < 4.78 is 2.99. The van der Waals surface area contributed by atoms with Crippen LogP contribution in [-0.2, 0) is 0 Å². The van der Waals surface area contributed by atoms with Crippen LogP contribution in [0, 0.1) is 15.3 Å². The van der Waals surface area contributed by atoms with Gasteiger partial charge in [0.1, 0.15) is 0 Å². The van der Waals surface area contributed by atoms with Gasteiger partial charge in [-0.05, 0) is 35.5 Å². The first-order chi connectivity index (χ1) is 5.58.